The van der Waals surface area contributed by atoms with Gasteiger partial charge < -0.3 is 4.74 Å². The zero-order valence-corrected chi connectivity index (χ0v) is 15.4. The average molecular weight is 390 g/mol. The number of alkyl halides is 3. The highest BCUT2D eigenvalue weighted by Crippen LogP contribution is 2.37. The van der Waals surface area contributed by atoms with E-state index in [9.17, 15) is 22.4 Å². The van der Waals surface area contributed by atoms with Crippen molar-refractivity contribution in [1.82, 2.24) is 0 Å². The van der Waals surface area contributed by atoms with Gasteiger partial charge in [0.05, 0.1) is 0 Å². The Bertz CT molecular complexity index is 1020. The van der Waals surface area contributed by atoms with Gasteiger partial charge in [0.2, 0.25) is 0 Å². The second kappa shape index (κ2) is 7.62. The maximum Gasteiger partial charge on any atom is 0.573 e. The summed E-state index contributed by atoms with van der Waals surface area (Å²) < 4.78 is 56.5. The van der Waals surface area contributed by atoms with Gasteiger partial charge in [-0.15, -0.1) is 13.2 Å². The molecule has 0 unspecified atom stereocenters. The Labute approximate surface area is 159 Å². The molecule has 0 saturated heterocycles. The topological polar surface area (TPSA) is 26.3 Å². The first-order chi connectivity index (χ1) is 13.2. The molecule has 6 heteroatoms. The van der Waals surface area contributed by atoms with Crippen molar-refractivity contribution in [3.8, 4) is 16.9 Å². The minimum atomic E-state index is -5.05. The van der Waals surface area contributed by atoms with E-state index in [0.717, 1.165) is 23.6 Å². The summed E-state index contributed by atoms with van der Waals surface area (Å²) in [5.41, 5.74) is 2.78. The van der Waals surface area contributed by atoms with Crippen LogP contribution in [-0.2, 0) is 17.6 Å². The van der Waals surface area contributed by atoms with Gasteiger partial charge in [-0.3, -0.25) is 4.79 Å². The SMILES string of the molecule is CCc1ccc(-c2ccc3c(CC(C)=O)c(OC(F)(F)F)c(F)cc3c2)cc1. The average Bonchev–Trinajstić information content (AvgIpc) is 2.63. The van der Waals surface area contributed by atoms with Gasteiger partial charge in [0.1, 0.15) is 5.78 Å². The summed E-state index contributed by atoms with van der Waals surface area (Å²) in [5.74, 6) is -2.49. The summed E-state index contributed by atoms with van der Waals surface area (Å²) >= 11 is 0. The second-order valence-electron chi connectivity index (χ2n) is 6.58. The first kappa shape index (κ1) is 19.9. The zero-order chi connectivity index (χ0) is 20.5. The zero-order valence-electron chi connectivity index (χ0n) is 15.4. The van der Waals surface area contributed by atoms with Gasteiger partial charge >= 0.3 is 6.36 Å². The molecule has 0 saturated carbocycles. The smallest absolute Gasteiger partial charge is 0.402 e. The van der Waals surface area contributed by atoms with E-state index in [1.54, 1.807) is 18.2 Å². The Kier molecular flexibility index (Phi) is 5.40. The molecule has 0 aliphatic carbocycles. The number of hydrogen-bond acceptors (Lipinski definition) is 2. The lowest BCUT2D eigenvalue weighted by Crippen LogP contribution is -2.19. The summed E-state index contributed by atoms with van der Waals surface area (Å²) in [7, 11) is 0. The number of hydrogen-bond donors (Lipinski definition) is 0. The molecule has 3 aromatic rings. The second-order valence-corrected chi connectivity index (χ2v) is 6.58. The molecule has 0 atom stereocenters. The molecule has 3 aromatic carbocycles. The molecule has 0 aromatic heterocycles. The number of fused-ring (bicyclic) bond motifs is 1. The standard InChI is InChI=1S/C22H18F4O2/c1-3-14-4-6-15(7-5-14)16-8-9-18-17(11-16)12-20(23)21(28-22(24,25)26)19(18)10-13(2)27/h4-9,11-12H,3,10H2,1-2H3. The van der Waals surface area contributed by atoms with Crippen LogP contribution in [0, 0.1) is 5.82 Å². The van der Waals surface area contributed by atoms with Crippen molar-refractivity contribution in [2.75, 3.05) is 0 Å². The number of ketones is 1. The first-order valence-electron chi connectivity index (χ1n) is 8.77. The van der Waals surface area contributed by atoms with Crippen LogP contribution in [0.4, 0.5) is 17.6 Å². The van der Waals surface area contributed by atoms with E-state index >= 15 is 0 Å². The summed E-state index contributed by atoms with van der Waals surface area (Å²) in [6, 6.07) is 13.9. The lowest BCUT2D eigenvalue weighted by atomic mass is 9.95. The molecule has 0 radical (unpaired) electrons. The summed E-state index contributed by atoms with van der Waals surface area (Å²) in [5, 5.41) is 0.755. The Balaban J connectivity index is 2.16. The number of carbonyl (C=O) groups excluding carboxylic acids is 1. The van der Waals surface area contributed by atoms with Crippen LogP contribution >= 0.6 is 0 Å². The van der Waals surface area contributed by atoms with E-state index in [2.05, 4.69) is 4.74 Å². The molecule has 2 nitrogen and oxygen atoms in total. The van der Waals surface area contributed by atoms with Gasteiger partial charge in [-0.25, -0.2) is 4.39 Å². The van der Waals surface area contributed by atoms with Crippen molar-refractivity contribution in [1.29, 1.82) is 0 Å². The van der Waals surface area contributed by atoms with Crippen LogP contribution in [0.15, 0.2) is 48.5 Å². The molecular weight excluding hydrogens is 372 g/mol. The van der Waals surface area contributed by atoms with Crippen LogP contribution in [0.1, 0.15) is 25.0 Å². The van der Waals surface area contributed by atoms with E-state index in [-0.39, 0.29) is 12.0 Å². The lowest BCUT2D eigenvalue weighted by molar-refractivity contribution is -0.275. The number of ether oxygens (including phenoxy) is 1. The van der Waals surface area contributed by atoms with Gasteiger partial charge in [-0.05, 0) is 52.9 Å². The molecule has 0 heterocycles. The van der Waals surface area contributed by atoms with Crippen molar-refractivity contribution in [2.24, 2.45) is 0 Å². The Morgan fingerprint density at radius 3 is 2.21 bits per heavy atom. The Morgan fingerprint density at radius 2 is 1.64 bits per heavy atom. The van der Waals surface area contributed by atoms with Crippen molar-refractivity contribution >= 4 is 16.6 Å². The minimum Gasteiger partial charge on any atom is -0.402 e. The van der Waals surface area contributed by atoms with Gasteiger partial charge in [0.15, 0.2) is 11.6 Å². The number of rotatable bonds is 5. The third-order valence-electron chi connectivity index (χ3n) is 4.49. The fourth-order valence-electron chi connectivity index (χ4n) is 3.19. The summed E-state index contributed by atoms with van der Waals surface area (Å²) in [6.45, 7) is 3.28. The van der Waals surface area contributed by atoms with E-state index in [1.165, 1.54) is 12.5 Å². The van der Waals surface area contributed by atoms with E-state index in [4.69, 9.17) is 0 Å². The van der Waals surface area contributed by atoms with Gasteiger partial charge in [-0.2, -0.15) is 0 Å². The Morgan fingerprint density at radius 1 is 1.00 bits per heavy atom. The lowest BCUT2D eigenvalue weighted by Gasteiger charge is -2.16. The van der Waals surface area contributed by atoms with Gasteiger partial charge in [0, 0.05) is 12.0 Å². The first-order valence-corrected chi connectivity index (χ1v) is 8.77. The highest BCUT2D eigenvalue weighted by atomic mass is 19.4. The van der Waals surface area contributed by atoms with Gasteiger partial charge in [0.25, 0.3) is 0 Å². The molecule has 28 heavy (non-hydrogen) atoms. The molecule has 0 aliphatic heterocycles. The molecule has 0 N–H and O–H groups in total. The quantitative estimate of drug-likeness (QED) is 0.482. The van der Waals surface area contributed by atoms with E-state index in [1.807, 2.05) is 31.2 Å². The predicted molar refractivity (Wildman–Crippen MR) is 99.8 cm³/mol. The van der Waals surface area contributed by atoms with Crippen LogP contribution in [0.25, 0.3) is 21.9 Å². The molecule has 146 valence electrons. The fourth-order valence-corrected chi connectivity index (χ4v) is 3.19. The number of carbonyl (C=O) groups is 1. The van der Waals surface area contributed by atoms with Crippen molar-refractivity contribution in [3.63, 3.8) is 0 Å². The van der Waals surface area contributed by atoms with E-state index in [0.29, 0.717) is 10.8 Å². The monoisotopic (exact) mass is 390 g/mol. The van der Waals surface area contributed by atoms with Crippen molar-refractivity contribution < 1.29 is 27.1 Å². The normalized spacial score (nSPS) is 11.6. The third kappa shape index (κ3) is 4.32. The summed E-state index contributed by atoms with van der Waals surface area (Å²) in [4.78, 5) is 11.6. The molecule has 3 rings (SSSR count). The maximum atomic E-state index is 14.5. The molecule has 0 aliphatic rings. The van der Waals surface area contributed by atoms with Crippen LogP contribution in [0.3, 0.4) is 0 Å². The molecule has 0 spiro atoms. The third-order valence-corrected chi connectivity index (χ3v) is 4.49. The molecule has 0 fully saturated rings. The largest absolute Gasteiger partial charge is 0.573 e. The van der Waals surface area contributed by atoms with Crippen LogP contribution in [0.2, 0.25) is 0 Å². The summed E-state index contributed by atoms with van der Waals surface area (Å²) in [6.07, 6.45) is -4.51. The van der Waals surface area contributed by atoms with E-state index < -0.39 is 23.7 Å². The number of halogens is 4. The number of Topliss-reactive ketones (excluding diaryl/α,β-unsaturated/α-hetero) is 1. The minimum absolute atomic E-state index is 0.104. The van der Waals surface area contributed by atoms with Gasteiger partial charge in [-0.1, -0.05) is 43.3 Å². The van der Waals surface area contributed by atoms with Crippen molar-refractivity contribution in [2.45, 2.75) is 33.1 Å². The highest BCUT2D eigenvalue weighted by Gasteiger charge is 2.34. The van der Waals surface area contributed by atoms with Crippen molar-refractivity contribution in [3.05, 3.63) is 65.5 Å². The Hall–Kier alpha value is -2.89. The van der Waals surface area contributed by atoms with Crippen LogP contribution < -0.4 is 4.74 Å². The maximum absolute atomic E-state index is 14.5. The van der Waals surface area contributed by atoms with Crippen LogP contribution in [0.5, 0.6) is 5.75 Å². The number of benzene rings is 3. The van der Waals surface area contributed by atoms with Crippen LogP contribution in [-0.4, -0.2) is 12.1 Å². The molecule has 0 amide bonds. The number of aryl methyl sites for hydroxylation is 1. The molecular formula is C22H18F4O2. The molecule has 0 bridgehead atoms. The highest BCUT2D eigenvalue weighted by molar-refractivity contribution is 5.94. The predicted octanol–water partition coefficient (Wildman–Crippen LogP) is 6.24. The fraction of sp³-hybridized carbons (Fsp3) is 0.227.